The van der Waals surface area contributed by atoms with Gasteiger partial charge in [0.15, 0.2) is 0 Å². The van der Waals surface area contributed by atoms with Gasteiger partial charge in [0.05, 0.1) is 17.2 Å². The van der Waals surface area contributed by atoms with Gasteiger partial charge in [-0.2, -0.15) is 0 Å². The van der Waals surface area contributed by atoms with Gasteiger partial charge in [-0.15, -0.1) is 0 Å². The van der Waals surface area contributed by atoms with Crippen LogP contribution in [0.3, 0.4) is 0 Å². The molecule has 2 N–H and O–H groups in total. The van der Waals surface area contributed by atoms with Gasteiger partial charge in [0.25, 0.3) is 5.91 Å². The third-order valence-electron chi connectivity index (χ3n) is 4.66. The maximum Gasteiger partial charge on any atom is 0.251 e. The molecule has 3 rings (SSSR count). The predicted molar refractivity (Wildman–Crippen MR) is 108 cm³/mol. The monoisotopic (exact) mass is 422 g/mol. The first-order chi connectivity index (χ1) is 13.4. The summed E-state index contributed by atoms with van der Waals surface area (Å²) in [6.07, 6.45) is 1.60. The number of sulfonamides is 1. The first-order valence-corrected chi connectivity index (χ1v) is 11.0. The van der Waals surface area contributed by atoms with Gasteiger partial charge >= 0.3 is 0 Å². The molecule has 0 bridgehead atoms. The number of carbonyl (C=O) groups excluding carboxylic acids is 1. The number of ether oxygens (including phenoxy) is 1. The van der Waals surface area contributed by atoms with Gasteiger partial charge < -0.3 is 10.1 Å². The van der Waals surface area contributed by atoms with Crippen LogP contribution in [0.15, 0.2) is 53.4 Å². The highest BCUT2D eigenvalue weighted by Crippen LogP contribution is 2.24. The maximum absolute atomic E-state index is 12.6. The van der Waals surface area contributed by atoms with Crippen molar-refractivity contribution >= 4 is 27.5 Å². The normalized spacial score (nSPS) is 18.0. The molecule has 1 amide bonds. The van der Waals surface area contributed by atoms with Crippen LogP contribution < -0.4 is 10.0 Å². The number of hydrogen-bond donors (Lipinski definition) is 2. The summed E-state index contributed by atoms with van der Waals surface area (Å²) in [5, 5.41) is 2.93. The van der Waals surface area contributed by atoms with Crippen LogP contribution in [0.4, 0.5) is 0 Å². The summed E-state index contributed by atoms with van der Waals surface area (Å²) in [5.41, 5.74) is 1.18. The molecule has 1 saturated heterocycles. The zero-order valence-corrected chi connectivity index (χ0v) is 17.1. The molecule has 150 valence electrons. The third kappa shape index (κ3) is 5.11. The topological polar surface area (TPSA) is 84.5 Å². The van der Waals surface area contributed by atoms with Gasteiger partial charge in [-0.05, 0) is 43.5 Å². The minimum atomic E-state index is -3.86. The predicted octanol–water partition coefficient (Wildman–Crippen LogP) is 3.29. The Morgan fingerprint density at radius 1 is 1.25 bits per heavy atom. The molecule has 0 radical (unpaired) electrons. The smallest absolute Gasteiger partial charge is 0.251 e. The first kappa shape index (κ1) is 20.8. The van der Waals surface area contributed by atoms with Gasteiger partial charge in [-0.1, -0.05) is 41.9 Å². The Hall–Kier alpha value is -1.93. The Morgan fingerprint density at radius 3 is 2.68 bits per heavy atom. The van der Waals surface area contributed by atoms with E-state index in [-0.39, 0.29) is 40.1 Å². The number of rotatable bonds is 7. The second-order valence-electron chi connectivity index (χ2n) is 6.74. The summed E-state index contributed by atoms with van der Waals surface area (Å²) in [4.78, 5) is 12.5. The van der Waals surface area contributed by atoms with E-state index in [1.165, 1.54) is 18.2 Å². The van der Waals surface area contributed by atoms with Crippen LogP contribution in [0.2, 0.25) is 5.02 Å². The molecule has 28 heavy (non-hydrogen) atoms. The number of carbonyl (C=O) groups is 1. The number of hydrogen-bond acceptors (Lipinski definition) is 4. The van der Waals surface area contributed by atoms with E-state index in [0.717, 1.165) is 18.4 Å². The van der Waals surface area contributed by atoms with Crippen LogP contribution in [0.1, 0.15) is 41.7 Å². The van der Waals surface area contributed by atoms with E-state index in [1.807, 2.05) is 37.3 Å². The molecule has 0 aromatic heterocycles. The van der Waals surface area contributed by atoms with E-state index in [4.69, 9.17) is 16.3 Å². The molecule has 1 aliphatic heterocycles. The SMILES string of the molecule is CC(NC(=O)c1ccc(Cl)c(S(=O)(=O)NCC2CCCO2)c1)c1ccccc1. The van der Waals surface area contributed by atoms with Gasteiger partial charge in [-0.25, -0.2) is 13.1 Å². The van der Waals surface area contributed by atoms with Crippen molar-refractivity contribution in [2.24, 2.45) is 0 Å². The fourth-order valence-electron chi connectivity index (χ4n) is 3.04. The van der Waals surface area contributed by atoms with Crippen LogP contribution in [0, 0.1) is 0 Å². The second-order valence-corrected chi connectivity index (χ2v) is 8.88. The van der Waals surface area contributed by atoms with E-state index in [2.05, 4.69) is 10.0 Å². The van der Waals surface area contributed by atoms with Crippen molar-refractivity contribution in [1.29, 1.82) is 0 Å². The molecule has 0 saturated carbocycles. The van der Waals surface area contributed by atoms with E-state index in [0.29, 0.717) is 6.61 Å². The largest absolute Gasteiger partial charge is 0.377 e. The summed E-state index contributed by atoms with van der Waals surface area (Å²) in [5.74, 6) is -0.372. The standard InChI is InChI=1S/C20H23ClN2O4S/c1-14(15-6-3-2-4-7-15)23-20(24)16-9-10-18(21)19(12-16)28(25,26)22-13-17-8-5-11-27-17/h2-4,6-7,9-10,12,14,17,22H,5,8,11,13H2,1H3,(H,23,24). The maximum atomic E-state index is 12.6. The molecule has 1 aliphatic rings. The molecule has 1 fully saturated rings. The first-order valence-electron chi connectivity index (χ1n) is 9.13. The van der Waals surface area contributed by atoms with Crippen LogP contribution in [0.5, 0.6) is 0 Å². The Morgan fingerprint density at radius 2 is 2.00 bits per heavy atom. The van der Waals surface area contributed by atoms with Crippen LogP contribution >= 0.6 is 11.6 Å². The number of halogens is 1. The average Bonchev–Trinajstić information content (AvgIpc) is 3.21. The number of benzene rings is 2. The van der Waals surface area contributed by atoms with Crippen molar-refractivity contribution in [2.45, 2.75) is 36.8 Å². The summed E-state index contributed by atoms with van der Waals surface area (Å²) < 4.78 is 33.3. The zero-order chi connectivity index (χ0) is 20.1. The highest BCUT2D eigenvalue weighted by atomic mass is 35.5. The van der Waals surface area contributed by atoms with Crippen molar-refractivity contribution < 1.29 is 17.9 Å². The van der Waals surface area contributed by atoms with E-state index < -0.39 is 10.0 Å². The summed E-state index contributed by atoms with van der Waals surface area (Å²) in [6.45, 7) is 2.69. The van der Waals surface area contributed by atoms with Crippen molar-refractivity contribution in [3.63, 3.8) is 0 Å². The van der Waals surface area contributed by atoms with E-state index in [1.54, 1.807) is 0 Å². The van der Waals surface area contributed by atoms with Crippen molar-refractivity contribution in [3.8, 4) is 0 Å². The molecular formula is C20H23ClN2O4S. The van der Waals surface area contributed by atoms with Gasteiger partial charge in [0, 0.05) is 18.7 Å². The lowest BCUT2D eigenvalue weighted by atomic mass is 10.1. The van der Waals surface area contributed by atoms with Crippen molar-refractivity contribution in [3.05, 3.63) is 64.7 Å². The highest BCUT2D eigenvalue weighted by molar-refractivity contribution is 7.89. The molecule has 8 heteroatoms. The quantitative estimate of drug-likeness (QED) is 0.717. The minimum absolute atomic E-state index is 0.0625. The van der Waals surface area contributed by atoms with E-state index in [9.17, 15) is 13.2 Å². The van der Waals surface area contributed by atoms with Crippen LogP contribution in [-0.2, 0) is 14.8 Å². The van der Waals surface area contributed by atoms with Crippen LogP contribution in [-0.4, -0.2) is 33.6 Å². The molecule has 2 unspecified atom stereocenters. The summed E-state index contributed by atoms with van der Waals surface area (Å²) >= 11 is 6.10. The Kier molecular flexibility index (Phi) is 6.72. The van der Waals surface area contributed by atoms with Gasteiger partial charge in [0.2, 0.25) is 10.0 Å². The van der Waals surface area contributed by atoms with E-state index >= 15 is 0 Å². The highest BCUT2D eigenvalue weighted by Gasteiger charge is 2.23. The van der Waals surface area contributed by atoms with Gasteiger partial charge in [0.1, 0.15) is 4.90 Å². The van der Waals surface area contributed by atoms with Gasteiger partial charge in [-0.3, -0.25) is 4.79 Å². The molecule has 2 aromatic carbocycles. The molecular weight excluding hydrogens is 400 g/mol. The molecule has 1 heterocycles. The van der Waals surface area contributed by atoms with Crippen molar-refractivity contribution in [1.82, 2.24) is 10.0 Å². The van der Waals surface area contributed by atoms with Crippen molar-refractivity contribution in [2.75, 3.05) is 13.2 Å². The fraction of sp³-hybridized carbons (Fsp3) is 0.350. The molecule has 0 aliphatic carbocycles. The second kappa shape index (κ2) is 9.05. The summed E-state index contributed by atoms with van der Waals surface area (Å²) in [6, 6.07) is 13.5. The zero-order valence-electron chi connectivity index (χ0n) is 15.5. The Bertz CT molecular complexity index is 928. The average molecular weight is 423 g/mol. The fourth-order valence-corrected chi connectivity index (χ4v) is 4.63. The molecule has 2 aromatic rings. The molecule has 2 atom stereocenters. The Balaban J connectivity index is 1.73. The minimum Gasteiger partial charge on any atom is -0.377 e. The third-order valence-corrected chi connectivity index (χ3v) is 6.56. The molecule has 6 nitrogen and oxygen atoms in total. The lowest BCUT2D eigenvalue weighted by Gasteiger charge is -2.16. The summed E-state index contributed by atoms with van der Waals surface area (Å²) in [7, 11) is -3.86. The Labute approximate surface area is 170 Å². The number of amides is 1. The lowest BCUT2D eigenvalue weighted by molar-refractivity contribution is 0.0939. The lowest BCUT2D eigenvalue weighted by Crippen LogP contribution is -2.32. The molecule has 0 spiro atoms. The van der Waals surface area contributed by atoms with Crippen LogP contribution in [0.25, 0.3) is 0 Å². The number of nitrogens with one attached hydrogen (secondary N) is 2.